The van der Waals surface area contributed by atoms with Crippen LogP contribution in [0.3, 0.4) is 0 Å². The molecule has 0 radical (unpaired) electrons. The molecule has 1 aliphatic heterocycles. The molecule has 0 saturated carbocycles. The van der Waals surface area contributed by atoms with E-state index in [1.807, 2.05) is 72.8 Å². The van der Waals surface area contributed by atoms with Crippen molar-refractivity contribution in [2.24, 2.45) is 0 Å². The van der Waals surface area contributed by atoms with Gasteiger partial charge in [-0.25, -0.2) is 4.79 Å². The molecule has 4 aromatic rings. The molecule has 0 spiro atoms. The van der Waals surface area contributed by atoms with E-state index in [9.17, 15) is 19.8 Å². The van der Waals surface area contributed by atoms with E-state index in [2.05, 4.69) is 5.32 Å². The van der Waals surface area contributed by atoms with Crippen LogP contribution in [0, 0.1) is 0 Å². The van der Waals surface area contributed by atoms with Gasteiger partial charge in [-0.2, -0.15) is 0 Å². The smallest absolute Gasteiger partial charge is 0.335 e. The molecular weight excluding hydrogens is 657 g/mol. The van der Waals surface area contributed by atoms with E-state index >= 15 is 0 Å². The van der Waals surface area contributed by atoms with Gasteiger partial charge < -0.3 is 25.0 Å². The molecular formula is C34H30Cl3NO6S. The molecule has 0 unspecified atom stereocenters. The van der Waals surface area contributed by atoms with Crippen LogP contribution in [-0.4, -0.2) is 37.7 Å². The number of aromatic carboxylic acids is 1. The second-order valence-electron chi connectivity index (χ2n) is 10.5. The summed E-state index contributed by atoms with van der Waals surface area (Å²) in [6.45, 7) is 0.183. The van der Waals surface area contributed by atoms with Crippen molar-refractivity contribution >= 4 is 58.4 Å². The van der Waals surface area contributed by atoms with Gasteiger partial charge in [-0.1, -0.05) is 102 Å². The third-order valence-electron chi connectivity index (χ3n) is 7.31. The van der Waals surface area contributed by atoms with Crippen molar-refractivity contribution in [1.82, 2.24) is 5.32 Å². The molecule has 4 aromatic carbocycles. The van der Waals surface area contributed by atoms with Crippen LogP contribution in [0.2, 0.25) is 0 Å². The van der Waals surface area contributed by atoms with Crippen LogP contribution >= 0.6 is 46.6 Å². The number of carbonyl (C=O) groups excluding carboxylic acids is 1. The number of hydrogen-bond donors (Lipinski definition) is 3. The first-order chi connectivity index (χ1) is 21.6. The van der Waals surface area contributed by atoms with E-state index in [0.29, 0.717) is 12.2 Å². The molecule has 1 fully saturated rings. The summed E-state index contributed by atoms with van der Waals surface area (Å²) in [7, 11) is 0. The van der Waals surface area contributed by atoms with Gasteiger partial charge in [0.05, 0.1) is 24.4 Å². The van der Waals surface area contributed by atoms with E-state index in [-0.39, 0.29) is 30.9 Å². The van der Waals surface area contributed by atoms with Crippen molar-refractivity contribution in [2.45, 2.75) is 46.8 Å². The SMILES string of the molecule is O=C(O)c1ccc(SC[C@@H]2C[C@H](c3ccc(CO)cc3)O[C@H](c3ccc(-c4cccc(CNC(=O)C(Cl)(Cl)Cl)c4)cc3)O2)cc1. The Morgan fingerprint density at radius 2 is 1.53 bits per heavy atom. The average molecular weight is 687 g/mol. The lowest BCUT2D eigenvalue weighted by atomic mass is 9.99. The van der Waals surface area contributed by atoms with Crippen molar-refractivity contribution in [1.29, 1.82) is 0 Å². The van der Waals surface area contributed by atoms with E-state index in [0.717, 1.165) is 38.3 Å². The van der Waals surface area contributed by atoms with Crippen LogP contribution in [0.5, 0.6) is 0 Å². The maximum Gasteiger partial charge on any atom is 0.335 e. The Bertz CT molecular complexity index is 1610. The maximum absolute atomic E-state index is 11.9. The zero-order valence-corrected chi connectivity index (χ0v) is 27.0. The lowest BCUT2D eigenvalue weighted by Gasteiger charge is -2.36. The molecule has 3 atom stereocenters. The van der Waals surface area contributed by atoms with Gasteiger partial charge in [0.2, 0.25) is 0 Å². The normalized spacial score (nSPS) is 18.4. The van der Waals surface area contributed by atoms with Crippen LogP contribution in [0.25, 0.3) is 11.1 Å². The fourth-order valence-electron chi connectivity index (χ4n) is 4.88. The molecule has 0 aliphatic carbocycles. The van der Waals surface area contributed by atoms with Crippen LogP contribution in [0.4, 0.5) is 0 Å². The number of alkyl halides is 3. The third kappa shape index (κ3) is 9.01. The van der Waals surface area contributed by atoms with E-state index < -0.39 is 22.0 Å². The number of carbonyl (C=O) groups is 2. The number of halogens is 3. The summed E-state index contributed by atoms with van der Waals surface area (Å²) < 4.78 is 10.9. The summed E-state index contributed by atoms with van der Waals surface area (Å²) in [4.78, 5) is 24.1. The number of carboxylic acids is 1. The van der Waals surface area contributed by atoms with E-state index in [4.69, 9.17) is 44.3 Å². The van der Waals surface area contributed by atoms with Crippen LogP contribution in [0.1, 0.15) is 51.4 Å². The number of nitrogens with one attached hydrogen (secondary N) is 1. The monoisotopic (exact) mass is 685 g/mol. The lowest BCUT2D eigenvalue weighted by Crippen LogP contribution is -2.33. The van der Waals surface area contributed by atoms with Gasteiger partial charge in [0.1, 0.15) is 0 Å². The number of amides is 1. The van der Waals surface area contributed by atoms with E-state index in [1.54, 1.807) is 36.0 Å². The minimum absolute atomic E-state index is 0.0314. The molecule has 3 N–H and O–H groups in total. The van der Waals surface area contributed by atoms with Gasteiger partial charge in [0.25, 0.3) is 9.70 Å². The summed E-state index contributed by atoms with van der Waals surface area (Å²) >= 11 is 18.6. The molecule has 1 saturated heterocycles. The number of carboxylic acid groups (broad SMARTS) is 1. The van der Waals surface area contributed by atoms with Crippen molar-refractivity contribution in [3.05, 3.63) is 125 Å². The number of aliphatic hydroxyl groups is 1. The minimum atomic E-state index is -2.02. The predicted molar refractivity (Wildman–Crippen MR) is 177 cm³/mol. The Kier molecular flexibility index (Phi) is 11.1. The molecule has 45 heavy (non-hydrogen) atoms. The Hall–Kier alpha value is -3.08. The molecule has 7 nitrogen and oxygen atoms in total. The predicted octanol–water partition coefficient (Wildman–Crippen LogP) is 7.87. The largest absolute Gasteiger partial charge is 0.478 e. The summed E-state index contributed by atoms with van der Waals surface area (Å²) in [6.07, 6.45) is -0.348. The highest BCUT2D eigenvalue weighted by atomic mass is 35.6. The number of benzene rings is 4. The van der Waals surface area contributed by atoms with E-state index in [1.165, 1.54) is 0 Å². The highest BCUT2D eigenvalue weighted by molar-refractivity contribution is 7.99. The quantitative estimate of drug-likeness (QED) is 0.115. The Morgan fingerprint density at radius 3 is 2.18 bits per heavy atom. The Labute approximate surface area is 280 Å². The topological polar surface area (TPSA) is 105 Å². The van der Waals surface area contributed by atoms with Crippen LogP contribution in [0.15, 0.2) is 102 Å². The highest BCUT2D eigenvalue weighted by Gasteiger charge is 2.32. The molecule has 1 heterocycles. The second kappa shape index (κ2) is 15.0. The zero-order valence-electron chi connectivity index (χ0n) is 23.9. The van der Waals surface area contributed by atoms with Gasteiger partial charge in [0, 0.05) is 29.2 Å². The highest BCUT2D eigenvalue weighted by Crippen LogP contribution is 2.40. The summed E-state index contributed by atoms with van der Waals surface area (Å²) in [6, 6.07) is 30.2. The van der Waals surface area contributed by atoms with Gasteiger partial charge in [-0.05, 0) is 58.1 Å². The Morgan fingerprint density at radius 1 is 0.844 bits per heavy atom. The molecule has 1 aliphatic rings. The number of thioether (sulfide) groups is 1. The fraction of sp³-hybridized carbons (Fsp3) is 0.235. The number of aliphatic hydroxyl groups excluding tert-OH is 1. The fourth-order valence-corrected chi connectivity index (χ4v) is 6.00. The number of ether oxygens (including phenoxy) is 2. The van der Waals surface area contributed by atoms with Crippen molar-refractivity contribution in [3.63, 3.8) is 0 Å². The molecule has 5 rings (SSSR count). The summed E-state index contributed by atoms with van der Waals surface area (Å²) in [5, 5.41) is 21.3. The van der Waals surface area contributed by atoms with Gasteiger partial charge in [-0.3, -0.25) is 4.79 Å². The second-order valence-corrected chi connectivity index (χ2v) is 13.9. The van der Waals surface area contributed by atoms with Crippen molar-refractivity contribution < 1.29 is 29.3 Å². The zero-order chi connectivity index (χ0) is 32.0. The van der Waals surface area contributed by atoms with Gasteiger partial charge in [0.15, 0.2) is 6.29 Å². The number of hydrogen-bond acceptors (Lipinski definition) is 6. The number of rotatable bonds is 10. The molecule has 11 heteroatoms. The first-order valence-electron chi connectivity index (χ1n) is 14.1. The molecule has 234 valence electrons. The Balaban J connectivity index is 1.31. The third-order valence-corrected chi connectivity index (χ3v) is 8.96. The van der Waals surface area contributed by atoms with Gasteiger partial charge >= 0.3 is 5.97 Å². The molecule has 0 bridgehead atoms. The van der Waals surface area contributed by atoms with Crippen molar-refractivity contribution in [2.75, 3.05) is 5.75 Å². The minimum Gasteiger partial charge on any atom is -0.478 e. The molecule has 0 aromatic heterocycles. The molecule has 1 amide bonds. The average Bonchev–Trinajstić information content (AvgIpc) is 3.06. The standard InChI is InChI=1S/C34H30Cl3NO6S/c35-34(36,37)33(42)38-18-22-2-1-3-27(16-22)23-8-10-26(11-9-23)32-43-28(20-45-29-14-12-25(13-15-29)31(40)41)17-30(44-32)24-6-4-21(19-39)5-7-24/h1-16,28,30,32,39H,17-20H2,(H,38,42)(H,40,41)/t28-,30+,32+/m0/s1. The van der Waals surface area contributed by atoms with Crippen LogP contribution < -0.4 is 5.32 Å². The first-order valence-corrected chi connectivity index (χ1v) is 16.2. The summed E-state index contributed by atoms with van der Waals surface area (Å²) in [5.41, 5.74) is 5.71. The first kappa shape index (κ1) is 33.3. The maximum atomic E-state index is 11.9. The van der Waals surface area contributed by atoms with Gasteiger partial charge in [-0.15, -0.1) is 11.8 Å². The summed E-state index contributed by atoms with van der Waals surface area (Å²) in [5.74, 6) is -0.997. The van der Waals surface area contributed by atoms with Crippen LogP contribution in [-0.2, 0) is 27.4 Å². The lowest BCUT2D eigenvalue weighted by molar-refractivity contribution is -0.245. The van der Waals surface area contributed by atoms with Crippen molar-refractivity contribution in [3.8, 4) is 11.1 Å².